The quantitative estimate of drug-likeness (QED) is 0.912. The van der Waals surface area contributed by atoms with Crippen molar-refractivity contribution in [1.29, 1.82) is 0 Å². The van der Waals surface area contributed by atoms with E-state index in [2.05, 4.69) is 5.10 Å². The summed E-state index contributed by atoms with van der Waals surface area (Å²) in [6.07, 6.45) is -4.48. The zero-order chi connectivity index (χ0) is 14.2. The van der Waals surface area contributed by atoms with Gasteiger partial charge in [0.05, 0.1) is 16.9 Å². The highest BCUT2D eigenvalue weighted by Gasteiger charge is 2.30. The predicted octanol–water partition coefficient (Wildman–Crippen LogP) is 2.90. The molecule has 0 radical (unpaired) electrons. The third-order valence-electron chi connectivity index (χ3n) is 2.47. The van der Waals surface area contributed by atoms with Crippen LogP contribution in [0.3, 0.4) is 0 Å². The summed E-state index contributed by atoms with van der Waals surface area (Å²) >= 11 is 0. The van der Waals surface area contributed by atoms with Crippen LogP contribution in [-0.4, -0.2) is 20.9 Å². The van der Waals surface area contributed by atoms with Gasteiger partial charge < -0.3 is 5.11 Å². The number of carboxylic acids is 1. The van der Waals surface area contributed by atoms with Gasteiger partial charge >= 0.3 is 12.1 Å². The maximum Gasteiger partial charge on any atom is 0.416 e. The van der Waals surface area contributed by atoms with E-state index in [1.807, 2.05) is 0 Å². The zero-order valence-corrected chi connectivity index (χ0v) is 9.77. The molecule has 0 aliphatic carbocycles. The van der Waals surface area contributed by atoms with Crippen molar-refractivity contribution < 1.29 is 23.1 Å². The second kappa shape index (κ2) is 4.42. The molecule has 0 fully saturated rings. The minimum atomic E-state index is -4.48. The average molecular weight is 270 g/mol. The number of aromatic carboxylic acids is 1. The van der Waals surface area contributed by atoms with Crippen molar-refractivity contribution in [2.24, 2.45) is 0 Å². The van der Waals surface area contributed by atoms with Gasteiger partial charge in [0, 0.05) is 0 Å². The summed E-state index contributed by atoms with van der Waals surface area (Å²) in [5.74, 6) is -1.25. The summed E-state index contributed by atoms with van der Waals surface area (Å²) in [5, 5.41) is 12.9. The Hall–Kier alpha value is -2.31. The number of carbonyl (C=O) groups is 1. The predicted molar refractivity (Wildman–Crippen MR) is 60.3 cm³/mol. The van der Waals surface area contributed by atoms with Gasteiger partial charge in [-0.2, -0.15) is 18.3 Å². The number of hydrogen-bond acceptors (Lipinski definition) is 2. The van der Waals surface area contributed by atoms with Gasteiger partial charge in [-0.05, 0) is 31.2 Å². The molecular formula is C12H9F3N2O2. The summed E-state index contributed by atoms with van der Waals surface area (Å²) < 4.78 is 38.8. The van der Waals surface area contributed by atoms with Crippen LogP contribution in [0.15, 0.2) is 30.3 Å². The van der Waals surface area contributed by atoms with Crippen molar-refractivity contribution in [3.8, 4) is 5.69 Å². The van der Waals surface area contributed by atoms with E-state index in [4.69, 9.17) is 5.11 Å². The molecule has 0 aliphatic heterocycles. The number of carboxylic acid groups (broad SMARTS) is 1. The van der Waals surface area contributed by atoms with E-state index in [-0.39, 0.29) is 11.4 Å². The molecule has 0 amide bonds. The molecule has 1 N–H and O–H groups in total. The lowest BCUT2D eigenvalue weighted by Crippen LogP contribution is -2.10. The highest BCUT2D eigenvalue weighted by atomic mass is 19.4. The SMILES string of the molecule is Cc1cc(C(=O)O)n(-c2cccc(C(F)(F)F)c2)n1. The van der Waals surface area contributed by atoms with Crippen LogP contribution in [0.5, 0.6) is 0 Å². The molecule has 7 heteroatoms. The fourth-order valence-corrected chi connectivity index (χ4v) is 1.66. The molecule has 1 aromatic heterocycles. The first-order chi connectivity index (χ1) is 8.79. The van der Waals surface area contributed by atoms with Gasteiger partial charge in [-0.25, -0.2) is 9.48 Å². The van der Waals surface area contributed by atoms with Crippen LogP contribution in [0.25, 0.3) is 5.69 Å². The van der Waals surface area contributed by atoms with Gasteiger partial charge in [-0.1, -0.05) is 6.07 Å². The number of benzene rings is 1. The largest absolute Gasteiger partial charge is 0.477 e. The Labute approximate surface area is 106 Å². The van der Waals surface area contributed by atoms with Crippen LogP contribution in [0, 0.1) is 6.92 Å². The van der Waals surface area contributed by atoms with E-state index in [9.17, 15) is 18.0 Å². The Morgan fingerprint density at radius 2 is 2.00 bits per heavy atom. The molecule has 2 aromatic rings. The highest BCUT2D eigenvalue weighted by molar-refractivity contribution is 5.86. The smallest absolute Gasteiger partial charge is 0.416 e. The van der Waals surface area contributed by atoms with Gasteiger partial charge in [-0.3, -0.25) is 0 Å². The van der Waals surface area contributed by atoms with Gasteiger partial charge in [0.15, 0.2) is 5.69 Å². The Morgan fingerprint density at radius 1 is 1.32 bits per heavy atom. The highest BCUT2D eigenvalue weighted by Crippen LogP contribution is 2.30. The topological polar surface area (TPSA) is 55.1 Å². The Morgan fingerprint density at radius 3 is 2.58 bits per heavy atom. The summed E-state index contributed by atoms with van der Waals surface area (Å²) in [4.78, 5) is 11.0. The van der Waals surface area contributed by atoms with E-state index in [1.54, 1.807) is 6.92 Å². The van der Waals surface area contributed by atoms with Gasteiger partial charge in [0.25, 0.3) is 0 Å². The lowest BCUT2D eigenvalue weighted by Gasteiger charge is -2.09. The van der Waals surface area contributed by atoms with Crippen LogP contribution in [0.2, 0.25) is 0 Å². The standard InChI is InChI=1S/C12H9F3N2O2/c1-7-5-10(11(18)19)17(16-7)9-4-2-3-8(6-9)12(13,14)15/h2-6H,1H3,(H,18,19). The molecule has 0 saturated heterocycles. The molecule has 0 aliphatic rings. The molecule has 2 rings (SSSR count). The van der Waals surface area contributed by atoms with Crippen molar-refractivity contribution in [3.05, 3.63) is 47.3 Å². The minimum absolute atomic E-state index is 0.0559. The normalized spacial score (nSPS) is 11.6. The first-order valence-electron chi connectivity index (χ1n) is 5.26. The van der Waals surface area contributed by atoms with Crippen LogP contribution in [-0.2, 0) is 6.18 Å². The second-order valence-electron chi connectivity index (χ2n) is 3.94. The van der Waals surface area contributed by atoms with E-state index in [1.165, 1.54) is 18.2 Å². The van der Waals surface area contributed by atoms with Crippen LogP contribution in [0.4, 0.5) is 13.2 Å². The lowest BCUT2D eigenvalue weighted by molar-refractivity contribution is -0.137. The molecule has 0 atom stereocenters. The molecule has 0 spiro atoms. The molecular weight excluding hydrogens is 261 g/mol. The Kier molecular flexibility index (Phi) is 3.05. The molecule has 0 unspecified atom stereocenters. The minimum Gasteiger partial charge on any atom is -0.477 e. The van der Waals surface area contributed by atoms with E-state index < -0.39 is 17.7 Å². The number of hydrogen-bond donors (Lipinski definition) is 1. The molecule has 0 bridgehead atoms. The van der Waals surface area contributed by atoms with Crippen molar-refractivity contribution in [2.45, 2.75) is 13.1 Å². The molecule has 1 heterocycles. The van der Waals surface area contributed by atoms with Gasteiger partial charge in [-0.15, -0.1) is 0 Å². The molecule has 100 valence electrons. The number of alkyl halides is 3. The number of halogens is 3. The van der Waals surface area contributed by atoms with Gasteiger partial charge in [0.2, 0.25) is 0 Å². The fourth-order valence-electron chi connectivity index (χ4n) is 1.66. The van der Waals surface area contributed by atoms with Crippen LogP contribution < -0.4 is 0 Å². The summed E-state index contributed by atoms with van der Waals surface area (Å²) in [5.41, 5.74) is -0.568. The monoisotopic (exact) mass is 270 g/mol. The summed E-state index contributed by atoms with van der Waals surface area (Å²) in [6, 6.07) is 5.65. The molecule has 19 heavy (non-hydrogen) atoms. The number of aromatic nitrogens is 2. The summed E-state index contributed by atoms with van der Waals surface area (Å²) in [6.45, 7) is 1.57. The van der Waals surface area contributed by atoms with E-state index >= 15 is 0 Å². The molecule has 1 aromatic carbocycles. The lowest BCUT2D eigenvalue weighted by atomic mass is 10.2. The number of aryl methyl sites for hydroxylation is 1. The van der Waals surface area contributed by atoms with E-state index in [0.29, 0.717) is 5.69 Å². The first-order valence-corrected chi connectivity index (χ1v) is 5.26. The average Bonchev–Trinajstić information content (AvgIpc) is 2.71. The van der Waals surface area contributed by atoms with Crippen molar-refractivity contribution >= 4 is 5.97 Å². The van der Waals surface area contributed by atoms with Crippen molar-refractivity contribution in [1.82, 2.24) is 9.78 Å². The zero-order valence-electron chi connectivity index (χ0n) is 9.77. The molecule has 0 saturated carbocycles. The van der Waals surface area contributed by atoms with E-state index in [0.717, 1.165) is 16.8 Å². The maximum atomic E-state index is 12.6. The Balaban J connectivity index is 2.57. The maximum absolute atomic E-state index is 12.6. The summed E-state index contributed by atoms with van der Waals surface area (Å²) in [7, 11) is 0. The molecule has 4 nitrogen and oxygen atoms in total. The van der Waals surface area contributed by atoms with Crippen molar-refractivity contribution in [3.63, 3.8) is 0 Å². The third kappa shape index (κ3) is 2.59. The first kappa shape index (κ1) is 13.1. The third-order valence-corrected chi connectivity index (χ3v) is 2.47. The second-order valence-corrected chi connectivity index (χ2v) is 3.94. The van der Waals surface area contributed by atoms with Crippen LogP contribution in [0.1, 0.15) is 21.7 Å². The van der Waals surface area contributed by atoms with Gasteiger partial charge in [0.1, 0.15) is 0 Å². The Bertz CT molecular complexity index is 632. The number of rotatable bonds is 2. The van der Waals surface area contributed by atoms with Crippen molar-refractivity contribution in [2.75, 3.05) is 0 Å². The van der Waals surface area contributed by atoms with Crippen LogP contribution >= 0.6 is 0 Å². The number of nitrogens with zero attached hydrogens (tertiary/aromatic N) is 2. The fraction of sp³-hybridized carbons (Fsp3) is 0.167.